The van der Waals surface area contributed by atoms with Gasteiger partial charge in [-0.3, -0.25) is 4.98 Å². The summed E-state index contributed by atoms with van der Waals surface area (Å²) in [4.78, 5) is 7.09. The molecule has 2 aliphatic rings. The van der Waals surface area contributed by atoms with Crippen molar-refractivity contribution in [2.45, 2.75) is 45.4 Å². The fourth-order valence-electron chi connectivity index (χ4n) is 5.24. The van der Waals surface area contributed by atoms with E-state index in [9.17, 15) is 0 Å². The van der Waals surface area contributed by atoms with Gasteiger partial charge in [-0.25, -0.2) is 0 Å². The molecule has 0 saturated carbocycles. The van der Waals surface area contributed by atoms with Crippen LogP contribution in [0.25, 0.3) is 5.70 Å². The van der Waals surface area contributed by atoms with Crippen LogP contribution in [0.15, 0.2) is 49.2 Å². The first-order valence-electron chi connectivity index (χ1n) is 10.8. The van der Waals surface area contributed by atoms with Crippen LogP contribution in [0.5, 0.6) is 0 Å². The first-order chi connectivity index (χ1) is 13.7. The van der Waals surface area contributed by atoms with Crippen LogP contribution in [-0.4, -0.2) is 36.1 Å². The van der Waals surface area contributed by atoms with Crippen molar-refractivity contribution < 1.29 is 0 Å². The van der Waals surface area contributed by atoms with Crippen molar-refractivity contribution in [2.75, 3.05) is 26.2 Å². The van der Waals surface area contributed by atoms with Gasteiger partial charge in [-0.05, 0) is 80.8 Å². The van der Waals surface area contributed by atoms with E-state index in [2.05, 4.69) is 73.2 Å². The van der Waals surface area contributed by atoms with Gasteiger partial charge in [-0.2, -0.15) is 0 Å². The van der Waals surface area contributed by atoms with E-state index in [1.807, 2.05) is 0 Å². The summed E-state index contributed by atoms with van der Waals surface area (Å²) in [5, 5.41) is 3.55. The highest BCUT2D eigenvalue weighted by molar-refractivity contribution is 5.58. The fraction of sp³-hybridized carbons (Fsp3) is 0.480. The van der Waals surface area contributed by atoms with E-state index < -0.39 is 0 Å². The molecule has 28 heavy (non-hydrogen) atoms. The topological polar surface area (TPSA) is 28.2 Å². The summed E-state index contributed by atoms with van der Waals surface area (Å²) in [5.74, 6) is 0.450. The molecule has 1 aromatic heterocycles. The van der Waals surface area contributed by atoms with Gasteiger partial charge < -0.3 is 10.2 Å². The van der Waals surface area contributed by atoms with Gasteiger partial charge in [0.2, 0.25) is 0 Å². The number of pyridine rings is 1. The van der Waals surface area contributed by atoms with Crippen molar-refractivity contribution >= 4 is 5.70 Å². The molecule has 148 valence electrons. The van der Waals surface area contributed by atoms with Gasteiger partial charge in [0, 0.05) is 25.2 Å². The maximum atomic E-state index is 4.82. The standard InChI is InChI=1S/C25H33N3/c1-4-28(5-2)19(3)24-11-10-21(18-27-24)23-17-25(12-14-26-15-13-25)16-20-8-6-7-9-22(20)23/h6-11,18,23,26H,3-5,12-17H2,1-2H3. The molecule has 0 amide bonds. The molecule has 1 aliphatic carbocycles. The Bertz CT molecular complexity index is 814. The minimum absolute atomic E-state index is 0.438. The molecule has 3 heteroatoms. The Labute approximate surface area is 169 Å². The Kier molecular flexibility index (Phi) is 5.54. The van der Waals surface area contributed by atoms with Gasteiger partial charge >= 0.3 is 0 Å². The number of hydrogen-bond acceptors (Lipinski definition) is 3. The highest BCUT2D eigenvalue weighted by Gasteiger charge is 2.40. The maximum absolute atomic E-state index is 4.82. The van der Waals surface area contributed by atoms with Crippen LogP contribution in [0.1, 0.15) is 61.4 Å². The quantitative estimate of drug-likeness (QED) is 0.810. The zero-order valence-electron chi connectivity index (χ0n) is 17.4. The van der Waals surface area contributed by atoms with Crippen LogP contribution in [0, 0.1) is 5.41 Å². The molecular formula is C25H33N3. The average Bonchev–Trinajstić information content (AvgIpc) is 2.74. The lowest BCUT2D eigenvalue weighted by Gasteiger charge is -2.45. The first-order valence-corrected chi connectivity index (χ1v) is 10.8. The lowest BCUT2D eigenvalue weighted by molar-refractivity contribution is 0.164. The van der Waals surface area contributed by atoms with Crippen LogP contribution in [0.2, 0.25) is 0 Å². The number of benzene rings is 1. The Balaban J connectivity index is 1.64. The highest BCUT2D eigenvalue weighted by Crippen LogP contribution is 2.49. The van der Waals surface area contributed by atoms with Crippen LogP contribution in [0.3, 0.4) is 0 Å². The van der Waals surface area contributed by atoms with Gasteiger partial charge in [-0.15, -0.1) is 0 Å². The van der Waals surface area contributed by atoms with Crippen LogP contribution < -0.4 is 5.32 Å². The number of rotatable bonds is 5. The molecule has 1 unspecified atom stereocenters. The molecule has 3 nitrogen and oxygen atoms in total. The average molecular weight is 376 g/mol. The van der Waals surface area contributed by atoms with Crippen molar-refractivity contribution in [1.29, 1.82) is 0 Å². The summed E-state index contributed by atoms with van der Waals surface area (Å²) >= 11 is 0. The Morgan fingerprint density at radius 1 is 1.14 bits per heavy atom. The Morgan fingerprint density at radius 2 is 1.89 bits per heavy atom. The van der Waals surface area contributed by atoms with Crippen LogP contribution in [-0.2, 0) is 6.42 Å². The van der Waals surface area contributed by atoms with Crippen molar-refractivity contribution in [1.82, 2.24) is 15.2 Å². The predicted molar refractivity (Wildman–Crippen MR) is 117 cm³/mol. The molecule has 4 rings (SSSR count). The molecule has 1 fully saturated rings. The van der Waals surface area contributed by atoms with E-state index in [-0.39, 0.29) is 0 Å². The summed E-state index contributed by atoms with van der Waals surface area (Å²) < 4.78 is 0. The zero-order valence-corrected chi connectivity index (χ0v) is 17.4. The largest absolute Gasteiger partial charge is 0.371 e. The SMILES string of the molecule is C=C(c1ccc(C2CC3(CCNCC3)Cc3ccccc32)cn1)N(CC)CC. The predicted octanol–water partition coefficient (Wildman–Crippen LogP) is 4.84. The van der Waals surface area contributed by atoms with Crippen molar-refractivity contribution in [3.8, 4) is 0 Å². The molecule has 1 aromatic carbocycles. The number of fused-ring (bicyclic) bond motifs is 1. The van der Waals surface area contributed by atoms with Gasteiger partial charge in [0.25, 0.3) is 0 Å². The molecule has 0 bridgehead atoms. The third kappa shape index (κ3) is 3.60. The summed E-state index contributed by atoms with van der Waals surface area (Å²) in [5.41, 5.74) is 6.85. The van der Waals surface area contributed by atoms with Crippen LogP contribution in [0.4, 0.5) is 0 Å². The van der Waals surface area contributed by atoms with E-state index >= 15 is 0 Å². The molecule has 0 radical (unpaired) electrons. The molecule has 1 saturated heterocycles. The smallest absolute Gasteiger partial charge is 0.0857 e. The van der Waals surface area contributed by atoms with Crippen molar-refractivity contribution in [3.63, 3.8) is 0 Å². The van der Waals surface area contributed by atoms with Gasteiger partial charge in [0.15, 0.2) is 0 Å². The summed E-state index contributed by atoms with van der Waals surface area (Å²) in [6.07, 6.45) is 7.13. The molecule has 1 aliphatic heterocycles. The second kappa shape index (κ2) is 8.08. The monoisotopic (exact) mass is 375 g/mol. The molecule has 2 heterocycles. The molecular weight excluding hydrogens is 342 g/mol. The zero-order chi connectivity index (χ0) is 19.6. The van der Waals surface area contributed by atoms with E-state index in [0.717, 1.165) is 37.6 Å². The fourth-order valence-corrected chi connectivity index (χ4v) is 5.24. The van der Waals surface area contributed by atoms with E-state index in [1.54, 1.807) is 0 Å². The Morgan fingerprint density at radius 3 is 2.57 bits per heavy atom. The normalized spacial score (nSPS) is 20.6. The minimum Gasteiger partial charge on any atom is -0.371 e. The van der Waals surface area contributed by atoms with Gasteiger partial charge in [0.1, 0.15) is 0 Å². The molecule has 2 aromatic rings. The third-order valence-electron chi connectivity index (χ3n) is 6.93. The van der Waals surface area contributed by atoms with Gasteiger partial charge in [-0.1, -0.05) is 36.9 Å². The first kappa shape index (κ1) is 19.2. The lowest BCUT2D eigenvalue weighted by atomic mass is 9.62. The summed E-state index contributed by atoms with van der Waals surface area (Å²) in [7, 11) is 0. The number of hydrogen-bond donors (Lipinski definition) is 1. The van der Waals surface area contributed by atoms with Gasteiger partial charge in [0.05, 0.1) is 11.4 Å². The molecule has 1 atom stereocenters. The maximum Gasteiger partial charge on any atom is 0.0857 e. The molecule has 1 N–H and O–H groups in total. The summed E-state index contributed by atoms with van der Waals surface area (Å²) in [6.45, 7) is 12.8. The van der Waals surface area contributed by atoms with Crippen molar-refractivity contribution in [2.24, 2.45) is 5.41 Å². The number of piperidine rings is 1. The van der Waals surface area contributed by atoms with E-state index in [4.69, 9.17) is 4.98 Å². The summed E-state index contributed by atoms with van der Waals surface area (Å²) in [6, 6.07) is 13.5. The third-order valence-corrected chi connectivity index (χ3v) is 6.93. The van der Waals surface area contributed by atoms with Crippen molar-refractivity contribution in [3.05, 3.63) is 71.6 Å². The van der Waals surface area contributed by atoms with Crippen LogP contribution >= 0.6 is 0 Å². The Hall–Kier alpha value is -2.13. The highest BCUT2D eigenvalue weighted by atomic mass is 15.1. The lowest BCUT2D eigenvalue weighted by Crippen LogP contribution is -2.41. The number of nitrogens with one attached hydrogen (secondary N) is 1. The second-order valence-electron chi connectivity index (χ2n) is 8.48. The van der Waals surface area contributed by atoms with E-state index in [0.29, 0.717) is 11.3 Å². The minimum atomic E-state index is 0.438. The second-order valence-corrected chi connectivity index (χ2v) is 8.48. The molecule has 1 spiro atoms. The van der Waals surface area contributed by atoms with E-state index in [1.165, 1.54) is 42.4 Å². The number of nitrogens with zero attached hydrogens (tertiary/aromatic N) is 2. The number of aromatic nitrogens is 1.